The summed E-state index contributed by atoms with van der Waals surface area (Å²) in [7, 11) is 0. The van der Waals surface area contributed by atoms with Crippen LogP contribution in [0.15, 0.2) is 36.9 Å². The van der Waals surface area contributed by atoms with Gasteiger partial charge in [0.25, 0.3) is 0 Å². The van der Waals surface area contributed by atoms with Crippen LogP contribution in [0.2, 0.25) is 0 Å². The van der Waals surface area contributed by atoms with Gasteiger partial charge >= 0.3 is 0 Å². The molecule has 0 radical (unpaired) electrons. The van der Waals surface area contributed by atoms with Gasteiger partial charge in [0.15, 0.2) is 0 Å². The Labute approximate surface area is 153 Å². The number of rotatable bonds is 5. The van der Waals surface area contributed by atoms with Crippen LogP contribution in [0.3, 0.4) is 0 Å². The van der Waals surface area contributed by atoms with E-state index in [-0.39, 0.29) is 18.3 Å². The zero-order valence-electron chi connectivity index (χ0n) is 14.1. The van der Waals surface area contributed by atoms with Crippen LogP contribution in [0.5, 0.6) is 0 Å². The van der Waals surface area contributed by atoms with Crippen molar-refractivity contribution in [2.75, 3.05) is 0 Å². The fourth-order valence-corrected chi connectivity index (χ4v) is 4.03. The predicted molar refractivity (Wildman–Crippen MR) is 97.7 cm³/mol. The lowest BCUT2D eigenvalue weighted by Gasteiger charge is -2.28. The Morgan fingerprint density at radius 2 is 2.08 bits per heavy atom. The summed E-state index contributed by atoms with van der Waals surface area (Å²) < 4.78 is 1.72. The van der Waals surface area contributed by atoms with Gasteiger partial charge in [-0.25, -0.2) is 9.67 Å². The quantitative estimate of drug-likeness (QED) is 0.856. The summed E-state index contributed by atoms with van der Waals surface area (Å²) in [4.78, 5) is 16.2. The molecule has 2 atom stereocenters. The van der Waals surface area contributed by atoms with Crippen LogP contribution < -0.4 is 10.6 Å². The summed E-state index contributed by atoms with van der Waals surface area (Å²) in [6, 6.07) is 9.28. The molecule has 2 fully saturated rings. The Bertz CT molecular complexity index is 693. The Hall–Kier alpha value is -1.92. The molecule has 2 aliphatic rings. The second-order valence-electron chi connectivity index (χ2n) is 6.97. The normalized spacial score (nSPS) is 24.6. The third-order valence-electron chi connectivity index (χ3n) is 5.13. The van der Waals surface area contributed by atoms with Gasteiger partial charge in [0.1, 0.15) is 12.7 Å². The topological polar surface area (TPSA) is 71.8 Å². The molecular weight excluding hydrogens is 338 g/mol. The van der Waals surface area contributed by atoms with Crippen LogP contribution >= 0.6 is 12.4 Å². The van der Waals surface area contributed by atoms with Crippen molar-refractivity contribution in [2.24, 2.45) is 5.92 Å². The number of hydrogen-bond donors (Lipinski definition) is 2. The maximum atomic E-state index is 12.3. The van der Waals surface area contributed by atoms with Gasteiger partial charge in [-0.15, -0.1) is 12.4 Å². The van der Waals surface area contributed by atoms with Crippen molar-refractivity contribution in [1.82, 2.24) is 25.4 Å². The zero-order valence-corrected chi connectivity index (χ0v) is 14.9. The van der Waals surface area contributed by atoms with E-state index in [1.165, 1.54) is 19.2 Å². The van der Waals surface area contributed by atoms with Crippen molar-refractivity contribution >= 4 is 18.3 Å². The summed E-state index contributed by atoms with van der Waals surface area (Å²) in [6.07, 6.45) is 8.67. The average molecular weight is 362 g/mol. The SMILES string of the molecule is Cl.O=C(CC1CC2CCC(C1)N2)NCc1cccc(-n2cncn2)c1. The zero-order chi connectivity index (χ0) is 16.4. The number of nitrogens with zero attached hydrogens (tertiary/aromatic N) is 3. The maximum Gasteiger partial charge on any atom is 0.220 e. The van der Waals surface area contributed by atoms with Crippen LogP contribution in [0.25, 0.3) is 5.69 Å². The number of benzene rings is 1. The van der Waals surface area contributed by atoms with Crippen LogP contribution in [0.4, 0.5) is 0 Å². The first-order valence-electron chi connectivity index (χ1n) is 8.73. The minimum atomic E-state index is 0. The van der Waals surface area contributed by atoms with Gasteiger partial charge < -0.3 is 10.6 Å². The van der Waals surface area contributed by atoms with Gasteiger partial charge in [-0.2, -0.15) is 5.10 Å². The van der Waals surface area contributed by atoms with E-state index < -0.39 is 0 Å². The molecule has 7 heteroatoms. The highest BCUT2D eigenvalue weighted by Crippen LogP contribution is 2.32. The van der Waals surface area contributed by atoms with Crippen molar-refractivity contribution in [3.05, 3.63) is 42.5 Å². The Morgan fingerprint density at radius 1 is 1.28 bits per heavy atom. The number of halogens is 1. The number of nitrogens with one attached hydrogen (secondary N) is 2. The first-order chi connectivity index (χ1) is 11.8. The first-order valence-corrected chi connectivity index (χ1v) is 8.73. The molecule has 0 aliphatic carbocycles. The summed E-state index contributed by atoms with van der Waals surface area (Å²) >= 11 is 0. The Morgan fingerprint density at radius 3 is 2.80 bits per heavy atom. The second-order valence-corrected chi connectivity index (χ2v) is 6.97. The number of aromatic nitrogens is 3. The lowest BCUT2D eigenvalue weighted by molar-refractivity contribution is -0.122. The van der Waals surface area contributed by atoms with E-state index in [1.807, 2.05) is 24.3 Å². The molecule has 3 heterocycles. The van der Waals surface area contributed by atoms with Gasteiger partial charge in [0.2, 0.25) is 5.91 Å². The summed E-state index contributed by atoms with van der Waals surface area (Å²) in [5.74, 6) is 0.692. The fourth-order valence-electron chi connectivity index (χ4n) is 4.03. The number of carbonyl (C=O) groups is 1. The minimum absolute atomic E-state index is 0. The standard InChI is InChI=1S/C18H23N5O.ClH/c24-18(9-14-6-15-4-5-16(7-14)22-15)20-10-13-2-1-3-17(8-13)23-12-19-11-21-23;/h1-3,8,11-12,14-16,22H,4-7,9-10H2,(H,20,24);1H. The maximum absolute atomic E-state index is 12.3. The molecule has 2 aliphatic heterocycles. The van der Waals surface area contributed by atoms with Crippen molar-refractivity contribution in [2.45, 2.75) is 50.7 Å². The van der Waals surface area contributed by atoms with Crippen molar-refractivity contribution < 1.29 is 4.79 Å². The monoisotopic (exact) mass is 361 g/mol. The smallest absolute Gasteiger partial charge is 0.220 e. The molecule has 6 nitrogen and oxygen atoms in total. The molecule has 25 heavy (non-hydrogen) atoms. The van der Waals surface area contributed by atoms with Crippen LogP contribution in [0, 0.1) is 5.92 Å². The number of amides is 1. The highest BCUT2D eigenvalue weighted by atomic mass is 35.5. The minimum Gasteiger partial charge on any atom is -0.352 e. The summed E-state index contributed by atoms with van der Waals surface area (Å²) in [5.41, 5.74) is 2.02. The number of carbonyl (C=O) groups excluding carboxylic acids is 1. The lowest BCUT2D eigenvalue weighted by Crippen LogP contribution is -2.39. The number of fused-ring (bicyclic) bond motifs is 2. The van der Waals surface area contributed by atoms with E-state index in [9.17, 15) is 4.79 Å². The molecule has 2 aromatic rings. The van der Waals surface area contributed by atoms with Crippen molar-refractivity contribution in [1.29, 1.82) is 0 Å². The van der Waals surface area contributed by atoms with Gasteiger partial charge in [-0.1, -0.05) is 12.1 Å². The number of piperidine rings is 1. The second kappa shape index (κ2) is 7.97. The molecule has 0 saturated carbocycles. The van der Waals surface area contributed by atoms with Crippen LogP contribution in [-0.2, 0) is 11.3 Å². The molecule has 1 aromatic carbocycles. The van der Waals surface area contributed by atoms with E-state index in [0.29, 0.717) is 31.0 Å². The largest absolute Gasteiger partial charge is 0.352 e. The molecule has 134 valence electrons. The molecule has 4 rings (SSSR count). The summed E-state index contributed by atoms with van der Waals surface area (Å²) in [6.45, 7) is 0.555. The molecule has 1 amide bonds. The molecular formula is C18H24ClN5O. The Balaban J connectivity index is 0.00000182. The van der Waals surface area contributed by atoms with E-state index in [2.05, 4.69) is 20.7 Å². The van der Waals surface area contributed by atoms with E-state index in [1.54, 1.807) is 11.0 Å². The molecule has 2 N–H and O–H groups in total. The molecule has 2 unspecified atom stereocenters. The highest BCUT2D eigenvalue weighted by molar-refractivity contribution is 5.85. The third-order valence-corrected chi connectivity index (χ3v) is 5.13. The average Bonchev–Trinajstić information content (AvgIpc) is 3.23. The van der Waals surface area contributed by atoms with E-state index >= 15 is 0 Å². The number of hydrogen-bond acceptors (Lipinski definition) is 4. The van der Waals surface area contributed by atoms with Crippen LogP contribution in [0.1, 0.15) is 37.7 Å². The van der Waals surface area contributed by atoms with Gasteiger partial charge in [-0.05, 0) is 49.3 Å². The molecule has 2 saturated heterocycles. The molecule has 2 bridgehead atoms. The predicted octanol–water partition coefficient (Wildman–Crippen LogP) is 2.23. The van der Waals surface area contributed by atoms with Gasteiger partial charge in [0, 0.05) is 25.0 Å². The van der Waals surface area contributed by atoms with E-state index in [0.717, 1.165) is 24.1 Å². The molecule has 1 aromatic heterocycles. The van der Waals surface area contributed by atoms with E-state index in [4.69, 9.17) is 0 Å². The first kappa shape index (κ1) is 17.9. The van der Waals surface area contributed by atoms with Gasteiger partial charge in [-0.3, -0.25) is 4.79 Å². The van der Waals surface area contributed by atoms with Crippen molar-refractivity contribution in [3.8, 4) is 5.69 Å². The fraction of sp³-hybridized carbons (Fsp3) is 0.500. The lowest BCUT2D eigenvalue weighted by atomic mass is 9.89. The van der Waals surface area contributed by atoms with Crippen molar-refractivity contribution in [3.63, 3.8) is 0 Å². The molecule has 0 spiro atoms. The third kappa shape index (κ3) is 4.38. The Kier molecular flexibility index (Phi) is 5.71. The summed E-state index contributed by atoms with van der Waals surface area (Å²) in [5, 5.41) is 10.8. The van der Waals surface area contributed by atoms with Gasteiger partial charge in [0.05, 0.1) is 5.69 Å². The van der Waals surface area contributed by atoms with Crippen LogP contribution in [-0.4, -0.2) is 32.8 Å². The highest BCUT2D eigenvalue weighted by Gasteiger charge is 2.34.